The zero-order valence-corrected chi connectivity index (χ0v) is 13.7. The molecule has 23 heavy (non-hydrogen) atoms. The number of piperidine rings is 1. The third-order valence-electron chi connectivity index (χ3n) is 4.19. The Morgan fingerprint density at radius 1 is 1.43 bits per heavy atom. The van der Waals surface area contributed by atoms with E-state index in [0.29, 0.717) is 35.5 Å². The lowest BCUT2D eigenvalue weighted by Crippen LogP contribution is -2.41. The van der Waals surface area contributed by atoms with Crippen LogP contribution in [0.25, 0.3) is 10.9 Å². The smallest absolute Gasteiger partial charge is 0.259 e. The first-order valence-electron chi connectivity index (χ1n) is 7.63. The Morgan fingerprint density at radius 2 is 2.26 bits per heavy atom. The maximum atomic E-state index is 12.7. The summed E-state index contributed by atoms with van der Waals surface area (Å²) in [7, 11) is 1.68. The summed E-state index contributed by atoms with van der Waals surface area (Å²) in [6.45, 7) is 2.13. The van der Waals surface area contributed by atoms with Gasteiger partial charge in [-0.3, -0.25) is 14.6 Å². The number of carbonyl (C=O) groups excluding carboxylic acids is 1. The molecule has 1 unspecified atom stereocenters. The van der Waals surface area contributed by atoms with Gasteiger partial charge in [-0.25, -0.2) is 0 Å². The summed E-state index contributed by atoms with van der Waals surface area (Å²) in [6, 6.07) is 5.04. The van der Waals surface area contributed by atoms with E-state index in [1.165, 1.54) is 0 Å². The molecule has 1 saturated heterocycles. The van der Waals surface area contributed by atoms with Gasteiger partial charge in [0.05, 0.1) is 17.5 Å². The predicted molar refractivity (Wildman–Crippen MR) is 90.3 cm³/mol. The molecule has 1 aromatic heterocycles. The second kappa shape index (κ2) is 6.64. The lowest BCUT2D eigenvalue weighted by Gasteiger charge is -2.32. The molecule has 1 amide bonds. The summed E-state index contributed by atoms with van der Waals surface area (Å²) in [4.78, 5) is 31.9. The minimum atomic E-state index is -0.249. The first-order valence-corrected chi connectivity index (χ1v) is 8.04. The van der Waals surface area contributed by atoms with Gasteiger partial charge >= 0.3 is 0 Å². The number of amides is 1. The lowest BCUT2D eigenvalue weighted by molar-refractivity contribution is 0.0571. The van der Waals surface area contributed by atoms with Crippen LogP contribution in [0.4, 0.5) is 0 Å². The van der Waals surface area contributed by atoms with Gasteiger partial charge in [-0.05, 0) is 49.2 Å². The van der Waals surface area contributed by atoms with Crippen molar-refractivity contribution < 1.29 is 9.53 Å². The summed E-state index contributed by atoms with van der Waals surface area (Å²) in [5.41, 5.74) is 0.891. The molecule has 2 heterocycles. The molecule has 1 atom stereocenters. The predicted octanol–water partition coefficient (Wildman–Crippen LogP) is 2.08. The Morgan fingerprint density at radius 3 is 3.04 bits per heavy atom. The van der Waals surface area contributed by atoms with Crippen LogP contribution in [0.3, 0.4) is 0 Å². The van der Waals surface area contributed by atoms with Crippen LogP contribution in [0.2, 0.25) is 0 Å². The number of hydrogen-bond acceptors (Lipinski definition) is 4. The molecule has 122 valence electrons. The van der Waals surface area contributed by atoms with Crippen molar-refractivity contribution in [2.75, 3.05) is 26.8 Å². The van der Waals surface area contributed by atoms with E-state index in [9.17, 15) is 9.59 Å². The number of benzene rings is 1. The molecule has 0 bridgehead atoms. The molecule has 3 rings (SSSR count). The van der Waals surface area contributed by atoms with Crippen molar-refractivity contribution in [1.82, 2.24) is 14.9 Å². The van der Waals surface area contributed by atoms with Crippen molar-refractivity contribution >= 4 is 29.0 Å². The molecule has 1 fully saturated rings. The summed E-state index contributed by atoms with van der Waals surface area (Å²) in [6.07, 6.45) is 2.06. The van der Waals surface area contributed by atoms with Gasteiger partial charge in [0.15, 0.2) is 4.77 Å². The number of nitrogens with one attached hydrogen (secondary N) is 2. The molecule has 7 heteroatoms. The van der Waals surface area contributed by atoms with Gasteiger partial charge < -0.3 is 14.6 Å². The highest BCUT2D eigenvalue weighted by Gasteiger charge is 2.24. The molecule has 1 aliphatic heterocycles. The van der Waals surface area contributed by atoms with Crippen LogP contribution < -0.4 is 5.56 Å². The maximum Gasteiger partial charge on any atom is 0.259 e. The van der Waals surface area contributed by atoms with Crippen LogP contribution in [0, 0.1) is 10.7 Å². The van der Waals surface area contributed by atoms with E-state index < -0.39 is 0 Å². The maximum absolute atomic E-state index is 12.7. The Labute approximate surface area is 138 Å². The monoisotopic (exact) mass is 333 g/mol. The van der Waals surface area contributed by atoms with Crippen LogP contribution in [-0.2, 0) is 4.74 Å². The van der Waals surface area contributed by atoms with Gasteiger partial charge in [-0.1, -0.05) is 0 Å². The van der Waals surface area contributed by atoms with Crippen LogP contribution in [0.1, 0.15) is 23.2 Å². The summed E-state index contributed by atoms with van der Waals surface area (Å²) in [5.74, 6) is 0.360. The number of fused-ring (bicyclic) bond motifs is 1. The first-order chi connectivity index (χ1) is 11.1. The fourth-order valence-corrected chi connectivity index (χ4v) is 3.31. The van der Waals surface area contributed by atoms with E-state index >= 15 is 0 Å². The van der Waals surface area contributed by atoms with Crippen LogP contribution >= 0.6 is 12.2 Å². The van der Waals surface area contributed by atoms with Crippen molar-refractivity contribution in [1.29, 1.82) is 0 Å². The number of H-pyrrole nitrogens is 2. The minimum absolute atomic E-state index is 0.0210. The molecule has 0 radical (unpaired) electrons. The first kappa shape index (κ1) is 15.9. The third kappa shape index (κ3) is 3.35. The fourth-order valence-electron chi connectivity index (χ4n) is 3.11. The Kier molecular flexibility index (Phi) is 4.58. The highest BCUT2D eigenvalue weighted by Crippen LogP contribution is 2.20. The summed E-state index contributed by atoms with van der Waals surface area (Å²) >= 11 is 4.99. The van der Waals surface area contributed by atoms with Crippen molar-refractivity contribution in [2.45, 2.75) is 12.8 Å². The molecular formula is C16H19N3O3S. The second-order valence-corrected chi connectivity index (χ2v) is 6.29. The molecule has 1 aliphatic rings. The van der Waals surface area contributed by atoms with Gasteiger partial charge in [0.1, 0.15) is 0 Å². The molecule has 2 N–H and O–H groups in total. The second-order valence-electron chi connectivity index (χ2n) is 5.88. The van der Waals surface area contributed by atoms with E-state index in [1.54, 1.807) is 25.3 Å². The molecule has 0 aliphatic carbocycles. The third-order valence-corrected chi connectivity index (χ3v) is 4.40. The van der Waals surface area contributed by atoms with Crippen molar-refractivity contribution in [3.05, 3.63) is 38.9 Å². The fraction of sp³-hybridized carbons (Fsp3) is 0.438. The topological polar surface area (TPSA) is 78.2 Å². The Hall–Kier alpha value is -1.99. The number of nitrogens with zero attached hydrogens (tertiary/aromatic N) is 1. The Balaban J connectivity index is 1.89. The van der Waals surface area contributed by atoms with E-state index in [-0.39, 0.29) is 16.2 Å². The highest BCUT2D eigenvalue weighted by atomic mass is 32.1. The molecule has 1 aromatic carbocycles. The van der Waals surface area contributed by atoms with Gasteiger partial charge in [0, 0.05) is 25.8 Å². The van der Waals surface area contributed by atoms with Crippen molar-refractivity contribution in [3.8, 4) is 0 Å². The zero-order chi connectivity index (χ0) is 16.4. The van der Waals surface area contributed by atoms with E-state index in [1.807, 2.05) is 4.90 Å². The van der Waals surface area contributed by atoms with Gasteiger partial charge in [0.25, 0.3) is 11.5 Å². The SMILES string of the molecule is COCC1CCCN(C(=O)c2ccc3c(=O)[nH]c(=S)[nH]c3c2)C1. The molecule has 2 aromatic rings. The number of ether oxygens (including phenoxy) is 1. The number of aromatic nitrogens is 2. The highest BCUT2D eigenvalue weighted by molar-refractivity contribution is 7.71. The number of methoxy groups -OCH3 is 1. The molecular weight excluding hydrogens is 314 g/mol. The normalized spacial score (nSPS) is 18.3. The van der Waals surface area contributed by atoms with Crippen LogP contribution in [0.5, 0.6) is 0 Å². The lowest BCUT2D eigenvalue weighted by atomic mass is 9.98. The number of carbonyl (C=O) groups is 1. The standard InChI is InChI=1S/C16H19N3O3S/c1-22-9-10-3-2-6-19(8-10)15(21)11-4-5-12-13(7-11)17-16(23)18-14(12)20/h4-5,7,10H,2-3,6,8-9H2,1H3,(H2,17,18,20,23). The van der Waals surface area contributed by atoms with E-state index in [0.717, 1.165) is 19.4 Å². The quantitative estimate of drug-likeness (QED) is 0.843. The average molecular weight is 333 g/mol. The van der Waals surface area contributed by atoms with Crippen molar-refractivity contribution in [2.24, 2.45) is 5.92 Å². The van der Waals surface area contributed by atoms with Gasteiger partial charge in [-0.2, -0.15) is 0 Å². The van der Waals surface area contributed by atoms with Crippen LogP contribution in [-0.4, -0.2) is 47.6 Å². The number of rotatable bonds is 3. The average Bonchev–Trinajstić information content (AvgIpc) is 2.54. The van der Waals surface area contributed by atoms with Crippen molar-refractivity contribution in [3.63, 3.8) is 0 Å². The van der Waals surface area contributed by atoms with E-state index in [2.05, 4.69) is 9.97 Å². The Bertz CT molecular complexity index is 840. The molecule has 0 saturated carbocycles. The number of hydrogen-bond donors (Lipinski definition) is 2. The molecule has 0 spiro atoms. The molecule has 6 nitrogen and oxygen atoms in total. The summed E-state index contributed by atoms with van der Waals surface area (Å²) < 4.78 is 5.46. The number of likely N-dealkylation sites (tertiary alicyclic amines) is 1. The van der Waals surface area contributed by atoms with E-state index in [4.69, 9.17) is 17.0 Å². The minimum Gasteiger partial charge on any atom is -0.384 e. The zero-order valence-electron chi connectivity index (χ0n) is 12.9. The number of aromatic amines is 2. The van der Waals surface area contributed by atoms with Gasteiger partial charge in [-0.15, -0.1) is 0 Å². The summed E-state index contributed by atoms with van der Waals surface area (Å²) in [5, 5.41) is 0.492. The van der Waals surface area contributed by atoms with Crippen LogP contribution in [0.15, 0.2) is 23.0 Å². The largest absolute Gasteiger partial charge is 0.384 e. The van der Waals surface area contributed by atoms with Gasteiger partial charge in [0.2, 0.25) is 0 Å².